The van der Waals surface area contributed by atoms with Gasteiger partial charge in [-0.25, -0.2) is 0 Å². The summed E-state index contributed by atoms with van der Waals surface area (Å²) in [5.74, 6) is 0.147. The third-order valence-electron chi connectivity index (χ3n) is 2.34. The minimum Gasteiger partial charge on any atom is -0.504 e. The standard InChI is InChI=1S/C11H15BrO4/c1-16-9-4-2-3-7(11(9)15)10(14)8(13)5-6-12/h2-4,8,10,13-15H,5-6H2,1H3. The van der Waals surface area contributed by atoms with Crippen LogP contribution >= 0.6 is 15.9 Å². The van der Waals surface area contributed by atoms with Gasteiger partial charge in [0.15, 0.2) is 11.5 Å². The summed E-state index contributed by atoms with van der Waals surface area (Å²) >= 11 is 3.18. The lowest BCUT2D eigenvalue weighted by Gasteiger charge is -2.19. The van der Waals surface area contributed by atoms with Gasteiger partial charge in [0, 0.05) is 10.9 Å². The summed E-state index contributed by atoms with van der Waals surface area (Å²) in [4.78, 5) is 0. The summed E-state index contributed by atoms with van der Waals surface area (Å²) in [7, 11) is 1.43. The molecule has 2 atom stereocenters. The van der Waals surface area contributed by atoms with E-state index in [9.17, 15) is 15.3 Å². The molecule has 90 valence electrons. The fraction of sp³-hybridized carbons (Fsp3) is 0.455. The van der Waals surface area contributed by atoms with Crippen LogP contribution in [0.15, 0.2) is 18.2 Å². The van der Waals surface area contributed by atoms with E-state index in [1.54, 1.807) is 18.2 Å². The number of para-hydroxylation sites is 1. The van der Waals surface area contributed by atoms with E-state index >= 15 is 0 Å². The number of ether oxygens (including phenoxy) is 1. The van der Waals surface area contributed by atoms with Crippen molar-refractivity contribution in [3.8, 4) is 11.5 Å². The van der Waals surface area contributed by atoms with Crippen molar-refractivity contribution in [3.05, 3.63) is 23.8 Å². The van der Waals surface area contributed by atoms with Crippen LogP contribution < -0.4 is 4.74 Å². The molecular formula is C11H15BrO4. The highest BCUT2D eigenvalue weighted by atomic mass is 79.9. The Kier molecular flexibility index (Phi) is 5.05. The molecule has 0 amide bonds. The van der Waals surface area contributed by atoms with Crippen molar-refractivity contribution in [2.75, 3.05) is 12.4 Å². The summed E-state index contributed by atoms with van der Waals surface area (Å²) in [6.07, 6.45) is -1.64. The Balaban J connectivity index is 2.94. The van der Waals surface area contributed by atoms with Gasteiger partial charge in [0.1, 0.15) is 6.10 Å². The second kappa shape index (κ2) is 6.08. The summed E-state index contributed by atoms with van der Waals surface area (Å²) in [6.45, 7) is 0. The third kappa shape index (κ3) is 2.87. The number of aliphatic hydroxyl groups excluding tert-OH is 2. The first-order valence-electron chi connectivity index (χ1n) is 4.89. The lowest BCUT2D eigenvalue weighted by molar-refractivity contribution is 0.0158. The van der Waals surface area contributed by atoms with Crippen LogP contribution in [0.3, 0.4) is 0 Å². The largest absolute Gasteiger partial charge is 0.504 e. The van der Waals surface area contributed by atoms with Gasteiger partial charge in [-0.2, -0.15) is 0 Å². The topological polar surface area (TPSA) is 69.9 Å². The molecule has 2 unspecified atom stereocenters. The first-order valence-corrected chi connectivity index (χ1v) is 6.02. The van der Waals surface area contributed by atoms with Crippen LogP contribution in [-0.4, -0.2) is 33.9 Å². The molecule has 0 heterocycles. The number of hydrogen-bond acceptors (Lipinski definition) is 4. The van der Waals surface area contributed by atoms with Gasteiger partial charge in [-0.3, -0.25) is 0 Å². The number of aliphatic hydroxyl groups is 2. The van der Waals surface area contributed by atoms with Crippen molar-refractivity contribution in [2.24, 2.45) is 0 Å². The van der Waals surface area contributed by atoms with Crippen molar-refractivity contribution in [1.82, 2.24) is 0 Å². The fourth-order valence-electron chi connectivity index (χ4n) is 1.42. The normalized spacial score (nSPS) is 14.5. The Morgan fingerprint density at radius 3 is 2.62 bits per heavy atom. The molecule has 4 nitrogen and oxygen atoms in total. The van der Waals surface area contributed by atoms with Gasteiger partial charge in [-0.1, -0.05) is 28.1 Å². The van der Waals surface area contributed by atoms with E-state index in [4.69, 9.17) is 4.74 Å². The summed E-state index contributed by atoms with van der Waals surface area (Å²) in [5.41, 5.74) is 0.271. The van der Waals surface area contributed by atoms with Gasteiger partial charge in [0.2, 0.25) is 0 Å². The van der Waals surface area contributed by atoms with Gasteiger partial charge in [0.25, 0.3) is 0 Å². The summed E-state index contributed by atoms with van der Waals surface area (Å²) < 4.78 is 4.92. The Labute approximate surface area is 103 Å². The molecule has 0 bridgehead atoms. The molecular weight excluding hydrogens is 276 g/mol. The van der Waals surface area contributed by atoms with Gasteiger partial charge >= 0.3 is 0 Å². The number of benzene rings is 1. The molecule has 1 aromatic carbocycles. The number of aromatic hydroxyl groups is 1. The second-order valence-corrected chi connectivity index (χ2v) is 4.18. The highest BCUT2D eigenvalue weighted by molar-refractivity contribution is 9.09. The number of rotatable bonds is 5. The molecule has 0 saturated heterocycles. The highest BCUT2D eigenvalue weighted by Gasteiger charge is 2.22. The van der Waals surface area contributed by atoms with Crippen molar-refractivity contribution in [2.45, 2.75) is 18.6 Å². The number of halogens is 1. The van der Waals surface area contributed by atoms with E-state index in [0.29, 0.717) is 11.8 Å². The monoisotopic (exact) mass is 290 g/mol. The maximum absolute atomic E-state index is 9.83. The first kappa shape index (κ1) is 13.3. The van der Waals surface area contributed by atoms with Crippen LogP contribution in [0.5, 0.6) is 11.5 Å². The fourth-order valence-corrected chi connectivity index (χ4v) is 1.89. The molecule has 1 rings (SSSR count). The Morgan fingerprint density at radius 2 is 2.06 bits per heavy atom. The van der Waals surface area contributed by atoms with Crippen LogP contribution in [0.25, 0.3) is 0 Å². The van der Waals surface area contributed by atoms with Crippen molar-refractivity contribution >= 4 is 15.9 Å². The van der Waals surface area contributed by atoms with E-state index in [1.807, 2.05) is 0 Å². The lowest BCUT2D eigenvalue weighted by Crippen LogP contribution is -2.18. The Morgan fingerprint density at radius 1 is 1.38 bits per heavy atom. The van der Waals surface area contributed by atoms with Gasteiger partial charge < -0.3 is 20.1 Å². The zero-order chi connectivity index (χ0) is 12.1. The van der Waals surface area contributed by atoms with Crippen LogP contribution in [0.4, 0.5) is 0 Å². The highest BCUT2D eigenvalue weighted by Crippen LogP contribution is 2.35. The quantitative estimate of drug-likeness (QED) is 0.720. The molecule has 1 aromatic rings. The average molecular weight is 291 g/mol. The van der Waals surface area contributed by atoms with E-state index in [1.165, 1.54) is 7.11 Å². The Hall–Kier alpha value is -0.780. The number of hydrogen-bond donors (Lipinski definition) is 3. The average Bonchev–Trinajstić information content (AvgIpc) is 2.29. The maximum Gasteiger partial charge on any atom is 0.163 e. The zero-order valence-electron chi connectivity index (χ0n) is 8.93. The van der Waals surface area contributed by atoms with Crippen molar-refractivity contribution in [1.29, 1.82) is 0 Å². The molecule has 0 aliphatic rings. The molecule has 5 heteroatoms. The summed E-state index contributed by atoms with van der Waals surface area (Å²) in [6, 6.07) is 4.79. The van der Waals surface area contributed by atoms with Crippen LogP contribution in [0.2, 0.25) is 0 Å². The molecule has 0 saturated carbocycles. The number of phenolic OH excluding ortho intramolecular Hbond substituents is 1. The smallest absolute Gasteiger partial charge is 0.163 e. The Bertz CT molecular complexity index is 343. The van der Waals surface area contributed by atoms with Crippen LogP contribution in [0, 0.1) is 0 Å². The van der Waals surface area contributed by atoms with Crippen LogP contribution in [-0.2, 0) is 0 Å². The minimum absolute atomic E-state index is 0.133. The van der Waals surface area contributed by atoms with Crippen molar-refractivity contribution in [3.63, 3.8) is 0 Å². The van der Waals surface area contributed by atoms with E-state index in [0.717, 1.165) is 0 Å². The summed E-state index contributed by atoms with van der Waals surface area (Å²) in [5, 5.41) is 29.8. The molecule has 0 fully saturated rings. The molecule has 0 aliphatic carbocycles. The van der Waals surface area contributed by atoms with E-state index < -0.39 is 12.2 Å². The minimum atomic E-state index is -1.12. The zero-order valence-corrected chi connectivity index (χ0v) is 10.5. The van der Waals surface area contributed by atoms with E-state index in [-0.39, 0.29) is 17.1 Å². The molecule has 0 aliphatic heterocycles. The molecule has 0 aromatic heterocycles. The third-order valence-corrected chi connectivity index (χ3v) is 2.80. The lowest BCUT2D eigenvalue weighted by atomic mass is 10.0. The van der Waals surface area contributed by atoms with Crippen molar-refractivity contribution < 1.29 is 20.1 Å². The number of phenols is 1. The first-order chi connectivity index (χ1) is 7.61. The SMILES string of the molecule is COc1cccc(C(O)C(O)CCBr)c1O. The van der Waals surface area contributed by atoms with Crippen LogP contribution in [0.1, 0.15) is 18.1 Å². The van der Waals surface area contributed by atoms with Gasteiger partial charge in [-0.15, -0.1) is 0 Å². The maximum atomic E-state index is 9.83. The predicted octanol–water partition coefficient (Wildman–Crippen LogP) is 1.58. The van der Waals surface area contributed by atoms with E-state index in [2.05, 4.69) is 15.9 Å². The van der Waals surface area contributed by atoms with Gasteiger partial charge in [0.05, 0.1) is 13.2 Å². The van der Waals surface area contributed by atoms with Gasteiger partial charge in [-0.05, 0) is 12.5 Å². The number of alkyl halides is 1. The second-order valence-electron chi connectivity index (χ2n) is 3.39. The molecule has 0 spiro atoms. The molecule has 16 heavy (non-hydrogen) atoms. The molecule has 0 radical (unpaired) electrons. The predicted molar refractivity (Wildman–Crippen MR) is 64.0 cm³/mol. The molecule has 3 N–H and O–H groups in total. The number of methoxy groups -OCH3 is 1.